The first-order chi connectivity index (χ1) is 13.2. The molecule has 0 bridgehead atoms. The van der Waals surface area contributed by atoms with Gasteiger partial charge in [-0.25, -0.2) is 15.0 Å². The molecule has 0 unspecified atom stereocenters. The number of nitrogens with zero attached hydrogens (tertiary/aromatic N) is 3. The third-order valence-electron chi connectivity index (χ3n) is 4.04. The molecule has 0 radical (unpaired) electrons. The highest BCUT2D eigenvalue weighted by Gasteiger charge is 2.11. The molecule has 4 rings (SSSR count). The Morgan fingerprint density at radius 2 is 1.63 bits per heavy atom. The van der Waals surface area contributed by atoms with Crippen molar-refractivity contribution >= 4 is 34.7 Å². The second kappa shape index (κ2) is 7.43. The third-order valence-corrected chi connectivity index (χ3v) is 4.29. The number of hydrazone groups is 1. The summed E-state index contributed by atoms with van der Waals surface area (Å²) in [5.41, 5.74) is 4.94. The molecule has 27 heavy (non-hydrogen) atoms. The Bertz CT molecular complexity index is 1170. The first-order valence-corrected chi connectivity index (χ1v) is 8.72. The number of fused-ring (bicyclic) bond motifs is 1. The van der Waals surface area contributed by atoms with Gasteiger partial charge in [-0.15, -0.1) is 0 Å². The van der Waals surface area contributed by atoms with E-state index in [1.165, 1.54) is 4.57 Å². The van der Waals surface area contributed by atoms with E-state index in [0.29, 0.717) is 27.6 Å². The summed E-state index contributed by atoms with van der Waals surface area (Å²) in [4.78, 5) is 17.6. The lowest BCUT2D eigenvalue weighted by Gasteiger charge is -2.12. The van der Waals surface area contributed by atoms with Crippen molar-refractivity contribution in [2.24, 2.45) is 5.10 Å². The molecular weight excluding hydrogens is 360 g/mol. The first kappa shape index (κ1) is 17.0. The monoisotopic (exact) mass is 374 g/mol. The molecule has 4 aromatic rings. The predicted molar refractivity (Wildman–Crippen MR) is 110 cm³/mol. The maximum atomic E-state index is 13.0. The SMILES string of the molecule is O=c1c2ccccc2nc(N/N=C\c2ccc(Cl)cc2)n1-c1ccccc1. The Kier molecular flexibility index (Phi) is 4.68. The zero-order valence-electron chi connectivity index (χ0n) is 14.2. The number of para-hydroxylation sites is 2. The van der Waals surface area contributed by atoms with Crippen LogP contribution in [0.4, 0.5) is 5.95 Å². The van der Waals surface area contributed by atoms with E-state index < -0.39 is 0 Å². The zero-order valence-corrected chi connectivity index (χ0v) is 15.0. The highest BCUT2D eigenvalue weighted by molar-refractivity contribution is 6.30. The molecule has 0 amide bonds. The predicted octanol–water partition coefficient (Wildman–Crippen LogP) is 4.49. The maximum Gasteiger partial charge on any atom is 0.267 e. The molecule has 1 aromatic heterocycles. The molecule has 0 saturated heterocycles. The van der Waals surface area contributed by atoms with Gasteiger partial charge in [0.2, 0.25) is 5.95 Å². The van der Waals surface area contributed by atoms with E-state index in [0.717, 1.165) is 5.56 Å². The van der Waals surface area contributed by atoms with Crippen LogP contribution in [0.25, 0.3) is 16.6 Å². The highest BCUT2D eigenvalue weighted by atomic mass is 35.5. The molecule has 1 N–H and O–H groups in total. The van der Waals surface area contributed by atoms with E-state index in [9.17, 15) is 4.79 Å². The van der Waals surface area contributed by atoms with Crippen LogP contribution in [0.5, 0.6) is 0 Å². The van der Waals surface area contributed by atoms with Gasteiger partial charge in [0.25, 0.3) is 5.56 Å². The number of hydrogen-bond acceptors (Lipinski definition) is 4. The smallest absolute Gasteiger partial charge is 0.267 e. The van der Waals surface area contributed by atoms with Crippen molar-refractivity contribution in [3.05, 3.63) is 99.8 Å². The number of hydrogen-bond donors (Lipinski definition) is 1. The van der Waals surface area contributed by atoms with Crippen molar-refractivity contribution in [2.45, 2.75) is 0 Å². The normalized spacial score (nSPS) is 11.1. The van der Waals surface area contributed by atoms with Crippen molar-refractivity contribution in [1.82, 2.24) is 9.55 Å². The molecule has 0 aliphatic carbocycles. The van der Waals surface area contributed by atoms with Gasteiger partial charge >= 0.3 is 0 Å². The van der Waals surface area contributed by atoms with Gasteiger partial charge in [0.1, 0.15) is 0 Å². The van der Waals surface area contributed by atoms with Gasteiger partial charge in [-0.2, -0.15) is 5.10 Å². The van der Waals surface area contributed by atoms with Crippen molar-refractivity contribution in [1.29, 1.82) is 0 Å². The molecule has 0 fully saturated rings. The molecule has 0 spiro atoms. The van der Waals surface area contributed by atoms with Gasteiger partial charge in [0.05, 0.1) is 22.8 Å². The lowest BCUT2D eigenvalue weighted by molar-refractivity contribution is 0.956. The number of rotatable bonds is 4. The number of aromatic nitrogens is 2. The van der Waals surface area contributed by atoms with Gasteiger partial charge in [-0.3, -0.25) is 4.79 Å². The number of benzene rings is 3. The zero-order chi connectivity index (χ0) is 18.6. The molecular formula is C21H15ClN4O. The number of halogens is 1. The minimum Gasteiger partial charge on any atom is -0.268 e. The van der Waals surface area contributed by atoms with Crippen LogP contribution in [-0.4, -0.2) is 15.8 Å². The van der Waals surface area contributed by atoms with Crippen LogP contribution >= 0.6 is 11.6 Å². The van der Waals surface area contributed by atoms with Gasteiger partial charge < -0.3 is 0 Å². The van der Waals surface area contributed by atoms with E-state index in [1.54, 1.807) is 30.5 Å². The third kappa shape index (κ3) is 3.59. The summed E-state index contributed by atoms with van der Waals surface area (Å²) in [5, 5.41) is 5.45. The summed E-state index contributed by atoms with van der Waals surface area (Å²) in [6.45, 7) is 0. The van der Waals surface area contributed by atoms with E-state index in [4.69, 9.17) is 11.6 Å². The topological polar surface area (TPSA) is 59.3 Å². The summed E-state index contributed by atoms with van der Waals surface area (Å²) in [6.07, 6.45) is 1.65. The Hall–Kier alpha value is -3.44. The highest BCUT2D eigenvalue weighted by Crippen LogP contribution is 2.16. The summed E-state index contributed by atoms with van der Waals surface area (Å²) < 4.78 is 1.52. The Morgan fingerprint density at radius 1 is 0.926 bits per heavy atom. The van der Waals surface area contributed by atoms with E-state index in [1.807, 2.05) is 54.6 Å². The van der Waals surface area contributed by atoms with Crippen LogP contribution in [0.3, 0.4) is 0 Å². The fraction of sp³-hybridized carbons (Fsp3) is 0. The van der Waals surface area contributed by atoms with E-state index >= 15 is 0 Å². The summed E-state index contributed by atoms with van der Waals surface area (Å²) in [5.74, 6) is 0.343. The number of anilines is 1. The summed E-state index contributed by atoms with van der Waals surface area (Å²) in [6, 6.07) is 23.9. The minimum atomic E-state index is -0.156. The Morgan fingerprint density at radius 3 is 2.41 bits per heavy atom. The molecule has 0 aliphatic rings. The van der Waals surface area contributed by atoms with Crippen LogP contribution in [-0.2, 0) is 0 Å². The van der Waals surface area contributed by atoms with Gasteiger partial charge in [-0.05, 0) is 42.0 Å². The molecule has 0 aliphatic heterocycles. The summed E-state index contributed by atoms with van der Waals surface area (Å²) in [7, 11) is 0. The average Bonchev–Trinajstić information content (AvgIpc) is 2.70. The lowest BCUT2D eigenvalue weighted by atomic mass is 10.2. The summed E-state index contributed by atoms with van der Waals surface area (Å²) >= 11 is 5.89. The Labute approximate surface area is 160 Å². The fourth-order valence-electron chi connectivity index (χ4n) is 2.74. The molecule has 132 valence electrons. The van der Waals surface area contributed by atoms with Crippen molar-refractivity contribution in [3.8, 4) is 5.69 Å². The average molecular weight is 375 g/mol. The minimum absolute atomic E-state index is 0.156. The molecule has 5 nitrogen and oxygen atoms in total. The van der Waals surface area contributed by atoms with E-state index in [-0.39, 0.29) is 5.56 Å². The standard InChI is InChI=1S/C21H15ClN4O/c22-16-12-10-15(11-13-16)14-23-25-21-24-19-9-5-4-8-18(19)20(27)26(21)17-6-2-1-3-7-17/h1-14H,(H,24,25)/b23-14-. The van der Waals surface area contributed by atoms with E-state index in [2.05, 4.69) is 15.5 Å². The first-order valence-electron chi connectivity index (χ1n) is 8.34. The molecule has 0 saturated carbocycles. The fourth-order valence-corrected chi connectivity index (χ4v) is 2.86. The lowest BCUT2D eigenvalue weighted by Crippen LogP contribution is -2.22. The van der Waals surface area contributed by atoms with Crippen molar-refractivity contribution in [3.63, 3.8) is 0 Å². The second-order valence-corrected chi connectivity index (χ2v) is 6.29. The largest absolute Gasteiger partial charge is 0.268 e. The van der Waals surface area contributed by atoms with Gasteiger partial charge in [0.15, 0.2) is 0 Å². The van der Waals surface area contributed by atoms with Crippen LogP contribution in [0, 0.1) is 0 Å². The Balaban J connectivity index is 1.78. The quantitative estimate of drug-likeness (QED) is 0.423. The molecule has 6 heteroatoms. The second-order valence-electron chi connectivity index (χ2n) is 5.85. The van der Waals surface area contributed by atoms with Gasteiger partial charge in [0, 0.05) is 5.02 Å². The molecule has 0 atom stereocenters. The maximum absolute atomic E-state index is 13.0. The van der Waals surface area contributed by atoms with Crippen molar-refractivity contribution in [2.75, 3.05) is 5.43 Å². The van der Waals surface area contributed by atoms with Crippen LogP contribution in [0.2, 0.25) is 5.02 Å². The molecule has 3 aromatic carbocycles. The number of nitrogens with one attached hydrogen (secondary N) is 1. The van der Waals surface area contributed by atoms with Crippen LogP contribution < -0.4 is 11.0 Å². The van der Waals surface area contributed by atoms with Crippen LogP contribution in [0.15, 0.2) is 88.8 Å². The van der Waals surface area contributed by atoms with Crippen LogP contribution in [0.1, 0.15) is 5.56 Å². The van der Waals surface area contributed by atoms with Crippen molar-refractivity contribution < 1.29 is 0 Å². The van der Waals surface area contributed by atoms with Gasteiger partial charge in [-0.1, -0.05) is 54.1 Å². The molecule has 1 heterocycles.